The molecule has 0 aromatic heterocycles. The molecule has 0 radical (unpaired) electrons. The number of benzene rings is 2. The summed E-state index contributed by atoms with van der Waals surface area (Å²) in [6, 6.07) is 5.98. The Labute approximate surface area is 182 Å². The van der Waals surface area contributed by atoms with Crippen LogP contribution in [0.3, 0.4) is 0 Å². The molecule has 0 unspecified atom stereocenters. The van der Waals surface area contributed by atoms with Crippen molar-refractivity contribution in [1.82, 2.24) is 0 Å². The van der Waals surface area contributed by atoms with Crippen LogP contribution in [0.25, 0.3) is 0 Å². The maximum atomic E-state index is 14.8. The van der Waals surface area contributed by atoms with Gasteiger partial charge in [-0.1, -0.05) is 0 Å². The highest BCUT2D eigenvalue weighted by Gasteiger charge is 2.57. The third-order valence-corrected chi connectivity index (χ3v) is 8.53. The van der Waals surface area contributed by atoms with E-state index < -0.39 is 54.8 Å². The monoisotopic (exact) mass is 467 g/mol. The lowest BCUT2D eigenvalue weighted by molar-refractivity contribution is 0.102. The zero-order chi connectivity index (χ0) is 23.3. The van der Waals surface area contributed by atoms with E-state index in [-0.39, 0.29) is 36.7 Å². The standard InChI is InChI=1S/C21H20F3N3O4S/c1-20(11-32(29,30)21(19(25)27-20)6-7-31-10-21)15-9-13(3-5-16(15)23)26-18(28)14-4-2-12(22)8-17(14)24/h2-5,8-9H,6-7,10-11H2,1H3,(H2,25,27)(H,26,28)/t20-,21-/m0/s1. The number of carbonyl (C=O) groups excluding carboxylic acids is 1. The Morgan fingerprint density at radius 1 is 1.16 bits per heavy atom. The topological polar surface area (TPSA) is 111 Å². The number of rotatable bonds is 3. The number of amides is 1. The summed E-state index contributed by atoms with van der Waals surface area (Å²) in [5.41, 5.74) is 4.08. The predicted molar refractivity (Wildman–Crippen MR) is 112 cm³/mol. The molecule has 2 aromatic carbocycles. The molecule has 1 saturated heterocycles. The number of hydrogen-bond acceptors (Lipinski definition) is 6. The van der Waals surface area contributed by atoms with E-state index in [0.717, 1.165) is 18.2 Å². The maximum Gasteiger partial charge on any atom is 0.258 e. The lowest BCUT2D eigenvalue weighted by Gasteiger charge is -2.39. The third-order valence-electron chi connectivity index (χ3n) is 5.87. The second-order valence-corrected chi connectivity index (χ2v) is 10.4. The molecule has 32 heavy (non-hydrogen) atoms. The van der Waals surface area contributed by atoms with Gasteiger partial charge < -0.3 is 15.8 Å². The number of hydrogen-bond donors (Lipinski definition) is 2. The fraction of sp³-hybridized carbons (Fsp3) is 0.333. The van der Waals surface area contributed by atoms with Gasteiger partial charge in [0.2, 0.25) is 0 Å². The van der Waals surface area contributed by atoms with Crippen LogP contribution in [0.15, 0.2) is 41.4 Å². The van der Waals surface area contributed by atoms with Crippen molar-refractivity contribution in [3.8, 4) is 0 Å². The summed E-state index contributed by atoms with van der Waals surface area (Å²) in [6.07, 6.45) is 0.169. The number of halogens is 3. The van der Waals surface area contributed by atoms with E-state index in [0.29, 0.717) is 6.07 Å². The molecule has 1 spiro atoms. The Kier molecular flexibility index (Phi) is 5.29. The Hall–Kier alpha value is -2.92. The van der Waals surface area contributed by atoms with Crippen molar-refractivity contribution in [3.05, 3.63) is 65.0 Å². The number of ether oxygens (including phenoxy) is 1. The number of nitrogens with one attached hydrogen (secondary N) is 1. The normalized spacial score (nSPS) is 26.7. The van der Waals surface area contributed by atoms with Crippen molar-refractivity contribution in [2.75, 3.05) is 24.3 Å². The molecule has 0 saturated carbocycles. The predicted octanol–water partition coefficient (Wildman–Crippen LogP) is 2.52. The second kappa shape index (κ2) is 7.59. The number of aliphatic imine (C=N–C) groups is 1. The number of carbonyl (C=O) groups is 1. The minimum atomic E-state index is -3.85. The van der Waals surface area contributed by atoms with Gasteiger partial charge in [-0.25, -0.2) is 21.6 Å². The van der Waals surface area contributed by atoms with Gasteiger partial charge in [0.05, 0.1) is 17.9 Å². The van der Waals surface area contributed by atoms with Crippen molar-refractivity contribution in [2.24, 2.45) is 10.7 Å². The van der Waals surface area contributed by atoms with Crippen LogP contribution in [0, 0.1) is 17.5 Å². The molecule has 2 heterocycles. The molecule has 2 aliphatic rings. The number of nitrogens with zero attached hydrogens (tertiary/aromatic N) is 1. The van der Waals surface area contributed by atoms with Crippen molar-refractivity contribution in [2.45, 2.75) is 23.6 Å². The van der Waals surface area contributed by atoms with E-state index in [1.165, 1.54) is 19.1 Å². The van der Waals surface area contributed by atoms with Crippen LogP contribution in [0.4, 0.5) is 18.9 Å². The molecular formula is C21H20F3N3O4S. The maximum absolute atomic E-state index is 14.8. The van der Waals surface area contributed by atoms with Crippen LogP contribution in [0.2, 0.25) is 0 Å². The zero-order valence-corrected chi connectivity index (χ0v) is 17.8. The minimum Gasteiger partial charge on any atom is -0.386 e. The number of nitrogens with two attached hydrogens (primary N) is 1. The second-order valence-electron chi connectivity index (χ2n) is 8.10. The van der Waals surface area contributed by atoms with Crippen molar-refractivity contribution in [3.63, 3.8) is 0 Å². The molecule has 2 aliphatic heterocycles. The van der Waals surface area contributed by atoms with E-state index in [1.807, 2.05) is 0 Å². The van der Waals surface area contributed by atoms with Crippen LogP contribution in [0.5, 0.6) is 0 Å². The fourth-order valence-corrected chi connectivity index (χ4v) is 6.34. The van der Waals surface area contributed by atoms with Crippen LogP contribution in [0.1, 0.15) is 29.3 Å². The first-order chi connectivity index (χ1) is 15.0. The van der Waals surface area contributed by atoms with Crippen molar-refractivity contribution in [1.29, 1.82) is 0 Å². The molecular weight excluding hydrogens is 447 g/mol. The van der Waals surface area contributed by atoms with E-state index in [4.69, 9.17) is 10.5 Å². The van der Waals surface area contributed by atoms with E-state index in [1.54, 1.807) is 0 Å². The van der Waals surface area contributed by atoms with Crippen LogP contribution >= 0.6 is 0 Å². The fourth-order valence-electron chi connectivity index (χ4n) is 4.09. The Balaban J connectivity index is 1.70. The van der Waals surface area contributed by atoms with Crippen LogP contribution in [-0.4, -0.2) is 43.9 Å². The van der Waals surface area contributed by atoms with E-state index in [9.17, 15) is 26.4 Å². The molecule has 1 fully saturated rings. The first kappa shape index (κ1) is 22.3. The van der Waals surface area contributed by atoms with Gasteiger partial charge in [-0.05, 0) is 43.7 Å². The molecule has 2 aromatic rings. The molecule has 7 nitrogen and oxygen atoms in total. The smallest absolute Gasteiger partial charge is 0.258 e. The van der Waals surface area contributed by atoms with Gasteiger partial charge in [0.25, 0.3) is 5.91 Å². The average Bonchev–Trinajstić information content (AvgIpc) is 3.19. The quantitative estimate of drug-likeness (QED) is 0.721. The first-order valence-corrected chi connectivity index (χ1v) is 11.3. The van der Waals surface area contributed by atoms with Crippen molar-refractivity contribution < 1.29 is 31.1 Å². The van der Waals surface area contributed by atoms with E-state index >= 15 is 0 Å². The highest BCUT2D eigenvalue weighted by molar-refractivity contribution is 7.93. The number of amidine groups is 1. The average molecular weight is 467 g/mol. The van der Waals surface area contributed by atoms with Crippen LogP contribution < -0.4 is 11.1 Å². The zero-order valence-electron chi connectivity index (χ0n) is 17.0. The van der Waals surface area contributed by atoms with Gasteiger partial charge in [0.15, 0.2) is 14.6 Å². The van der Waals surface area contributed by atoms with Crippen LogP contribution in [-0.2, 0) is 20.1 Å². The van der Waals surface area contributed by atoms with Gasteiger partial charge in [-0.15, -0.1) is 0 Å². The molecule has 2 atom stereocenters. The molecule has 11 heteroatoms. The van der Waals surface area contributed by atoms with E-state index in [2.05, 4.69) is 10.3 Å². The summed E-state index contributed by atoms with van der Waals surface area (Å²) < 4.78 is 71.8. The minimum absolute atomic E-state index is 0.0759. The lowest BCUT2D eigenvalue weighted by atomic mass is 9.92. The largest absolute Gasteiger partial charge is 0.386 e. The van der Waals surface area contributed by atoms with Gasteiger partial charge in [-0.3, -0.25) is 9.79 Å². The molecule has 1 amide bonds. The Morgan fingerprint density at radius 2 is 1.91 bits per heavy atom. The molecule has 0 bridgehead atoms. The summed E-state index contributed by atoms with van der Waals surface area (Å²) in [6.45, 7) is 1.55. The van der Waals surface area contributed by atoms with Crippen molar-refractivity contribution >= 4 is 27.3 Å². The molecule has 3 N–H and O–H groups in total. The summed E-state index contributed by atoms with van der Waals surface area (Å²) in [7, 11) is -3.85. The summed E-state index contributed by atoms with van der Waals surface area (Å²) in [4.78, 5) is 16.8. The highest BCUT2D eigenvalue weighted by atomic mass is 32.2. The number of anilines is 1. The summed E-state index contributed by atoms with van der Waals surface area (Å²) >= 11 is 0. The third kappa shape index (κ3) is 3.55. The Morgan fingerprint density at radius 3 is 2.53 bits per heavy atom. The highest BCUT2D eigenvalue weighted by Crippen LogP contribution is 2.41. The van der Waals surface area contributed by atoms with Gasteiger partial charge in [-0.2, -0.15) is 0 Å². The SMILES string of the molecule is C[C@@]1(c2cc(NC(=O)c3ccc(F)cc3F)ccc2F)CS(=O)(=O)[C@]2(CCOC2)C(N)=N1. The molecule has 170 valence electrons. The summed E-state index contributed by atoms with van der Waals surface area (Å²) in [5, 5.41) is 2.41. The van der Waals surface area contributed by atoms with Gasteiger partial charge in [0, 0.05) is 23.9 Å². The lowest BCUT2D eigenvalue weighted by Crippen LogP contribution is -2.58. The molecule has 4 rings (SSSR count). The Bertz CT molecular complexity index is 1240. The van der Waals surface area contributed by atoms with Gasteiger partial charge in [0.1, 0.15) is 28.8 Å². The first-order valence-electron chi connectivity index (χ1n) is 9.70. The summed E-state index contributed by atoms with van der Waals surface area (Å²) in [5.74, 6) is -4.18. The number of sulfone groups is 1. The molecule has 0 aliphatic carbocycles. The van der Waals surface area contributed by atoms with Gasteiger partial charge >= 0.3 is 0 Å².